The van der Waals surface area contributed by atoms with Gasteiger partial charge in [0.2, 0.25) is 11.8 Å². The Morgan fingerprint density at radius 2 is 1.07 bits per heavy atom. The maximum absolute atomic E-state index is 6.09. The van der Waals surface area contributed by atoms with Crippen molar-refractivity contribution in [1.82, 2.24) is 9.97 Å². The van der Waals surface area contributed by atoms with Crippen molar-refractivity contribution in [2.75, 3.05) is 4.90 Å². The van der Waals surface area contributed by atoms with Crippen molar-refractivity contribution in [2.45, 2.75) is 19.6 Å². The molecule has 2 aromatic heterocycles. The molecular formula is C32H16BrN3O2S2. The highest BCUT2D eigenvalue weighted by atomic mass is 79.9. The summed E-state index contributed by atoms with van der Waals surface area (Å²) in [7, 11) is 0. The van der Waals surface area contributed by atoms with Crippen molar-refractivity contribution in [3.05, 3.63) is 102 Å². The van der Waals surface area contributed by atoms with E-state index in [1.165, 1.54) is 15.5 Å². The van der Waals surface area contributed by atoms with Gasteiger partial charge < -0.3 is 13.7 Å². The molecule has 8 heteroatoms. The van der Waals surface area contributed by atoms with Crippen LogP contribution in [-0.4, -0.2) is 9.97 Å². The molecule has 2 aliphatic rings. The lowest BCUT2D eigenvalue weighted by molar-refractivity contribution is 0.619. The molecule has 9 rings (SSSR count). The first-order valence-electron chi connectivity index (χ1n) is 12.7. The van der Waals surface area contributed by atoms with E-state index in [1.807, 2.05) is 48.5 Å². The molecule has 5 aromatic carbocycles. The van der Waals surface area contributed by atoms with E-state index in [9.17, 15) is 0 Å². The predicted molar refractivity (Wildman–Crippen MR) is 163 cm³/mol. The Labute approximate surface area is 245 Å². The summed E-state index contributed by atoms with van der Waals surface area (Å²) < 4.78 is 13.2. The predicted octanol–water partition coefficient (Wildman–Crippen LogP) is 10.5. The van der Waals surface area contributed by atoms with Gasteiger partial charge in [0.25, 0.3) is 0 Å². The standard InChI is InChI=1S/C32H16BrN3O2S2/c33-19-15-28-30-29(16-19)40-27-14-18(32-35-21-6-2-4-8-25(21)38-32)10-12-23(27)36(30)22-11-9-17(13-26(22)39-28)31-34-20-5-1-3-7-24(20)37-31/h1-16H. The van der Waals surface area contributed by atoms with Gasteiger partial charge >= 0.3 is 0 Å². The molecule has 0 N–H and O–H groups in total. The molecule has 0 unspecified atom stereocenters. The third-order valence-corrected chi connectivity index (χ3v) is 9.77. The van der Waals surface area contributed by atoms with Gasteiger partial charge in [-0.05, 0) is 72.8 Å². The van der Waals surface area contributed by atoms with Crippen LogP contribution in [0.4, 0.5) is 17.1 Å². The quantitative estimate of drug-likeness (QED) is 0.191. The maximum Gasteiger partial charge on any atom is 0.227 e. The van der Waals surface area contributed by atoms with Crippen molar-refractivity contribution in [1.29, 1.82) is 0 Å². The summed E-state index contributed by atoms with van der Waals surface area (Å²) >= 11 is 7.31. The highest BCUT2D eigenvalue weighted by molar-refractivity contribution is 9.10. The summed E-state index contributed by atoms with van der Waals surface area (Å²) in [5, 5.41) is 0. The Bertz CT molecular complexity index is 1960. The highest BCUT2D eigenvalue weighted by Crippen LogP contribution is 2.61. The molecular weight excluding hydrogens is 602 g/mol. The molecule has 0 fully saturated rings. The molecule has 0 radical (unpaired) electrons. The van der Waals surface area contributed by atoms with E-state index >= 15 is 0 Å². The fraction of sp³-hybridized carbons (Fsp3) is 0. The minimum atomic E-state index is 0.628. The minimum Gasteiger partial charge on any atom is -0.436 e. The number of rotatable bonds is 2. The van der Waals surface area contributed by atoms with Gasteiger partial charge in [-0.1, -0.05) is 63.7 Å². The van der Waals surface area contributed by atoms with Crippen LogP contribution in [0.1, 0.15) is 0 Å². The molecule has 0 atom stereocenters. The van der Waals surface area contributed by atoms with Crippen molar-refractivity contribution in [2.24, 2.45) is 0 Å². The zero-order valence-corrected chi connectivity index (χ0v) is 23.8. The Kier molecular flexibility index (Phi) is 4.85. The molecule has 40 heavy (non-hydrogen) atoms. The zero-order chi connectivity index (χ0) is 26.4. The number of fused-ring (bicyclic) bond motifs is 6. The number of nitrogens with zero attached hydrogens (tertiary/aromatic N) is 3. The average Bonchev–Trinajstić information content (AvgIpc) is 3.61. The van der Waals surface area contributed by atoms with E-state index < -0.39 is 0 Å². The summed E-state index contributed by atoms with van der Waals surface area (Å²) in [4.78, 5) is 16.5. The Morgan fingerprint density at radius 1 is 0.575 bits per heavy atom. The number of oxazole rings is 2. The first-order valence-corrected chi connectivity index (χ1v) is 15.1. The molecule has 0 spiro atoms. The van der Waals surface area contributed by atoms with E-state index in [4.69, 9.17) is 18.8 Å². The third kappa shape index (κ3) is 3.43. The summed E-state index contributed by atoms with van der Waals surface area (Å²) in [5.74, 6) is 1.26. The van der Waals surface area contributed by atoms with E-state index in [0.29, 0.717) is 11.8 Å². The number of hydrogen-bond donors (Lipinski definition) is 0. The average molecular weight is 619 g/mol. The Hall–Kier alpha value is -3.98. The van der Waals surface area contributed by atoms with Crippen LogP contribution >= 0.6 is 39.5 Å². The first kappa shape index (κ1) is 22.8. The summed E-state index contributed by atoms with van der Waals surface area (Å²) in [5.41, 5.74) is 8.70. The second-order valence-corrected chi connectivity index (χ2v) is 12.7. The van der Waals surface area contributed by atoms with Crippen molar-refractivity contribution in [3.63, 3.8) is 0 Å². The van der Waals surface area contributed by atoms with Gasteiger partial charge in [-0.3, -0.25) is 0 Å². The zero-order valence-electron chi connectivity index (χ0n) is 20.6. The van der Waals surface area contributed by atoms with Crippen LogP contribution in [0.15, 0.2) is 130 Å². The Morgan fingerprint density at radius 3 is 1.57 bits per heavy atom. The number of halogens is 1. The lowest BCUT2D eigenvalue weighted by Gasteiger charge is -2.38. The molecule has 0 saturated carbocycles. The normalized spacial score (nSPS) is 13.4. The summed E-state index contributed by atoms with van der Waals surface area (Å²) in [6.07, 6.45) is 0. The number of hydrogen-bond acceptors (Lipinski definition) is 7. The van der Waals surface area contributed by atoms with Crippen molar-refractivity contribution < 1.29 is 8.83 Å². The Balaban J connectivity index is 1.19. The van der Waals surface area contributed by atoms with Gasteiger partial charge in [0.1, 0.15) is 11.0 Å². The van der Waals surface area contributed by atoms with Gasteiger partial charge in [-0.15, -0.1) is 0 Å². The monoisotopic (exact) mass is 617 g/mol. The lowest BCUT2D eigenvalue weighted by Crippen LogP contribution is -2.19. The number of benzene rings is 5. The van der Waals surface area contributed by atoms with Gasteiger partial charge in [-0.25, -0.2) is 9.97 Å². The van der Waals surface area contributed by atoms with E-state index in [1.54, 1.807) is 23.5 Å². The van der Waals surface area contributed by atoms with Gasteiger partial charge in [-0.2, -0.15) is 0 Å². The number of para-hydroxylation sites is 4. The molecule has 0 saturated heterocycles. The fourth-order valence-electron chi connectivity index (χ4n) is 5.35. The lowest BCUT2D eigenvalue weighted by atomic mass is 10.1. The molecule has 5 nitrogen and oxygen atoms in total. The molecule has 0 bridgehead atoms. The molecule has 0 aliphatic carbocycles. The maximum atomic E-state index is 6.09. The second-order valence-electron chi connectivity index (χ2n) is 9.63. The topological polar surface area (TPSA) is 55.3 Å². The third-order valence-electron chi connectivity index (χ3n) is 7.15. The van der Waals surface area contributed by atoms with E-state index in [2.05, 4.69) is 69.4 Å². The number of aromatic nitrogens is 2. The van der Waals surface area contributed by atoms with E-state index in [-0.39, 0.29) is 0 Å². The molecule has 7 aromatic rings. The largest absolute Gasteiger partial charge is 0.436 e. The smallest absolute Gasteiger partial charge is 0.227 e. The summed E-state index contributed by atoms with van der Waals surface area (Å²) in [6, 6.07) is 33.0. The van der Waals surface area contributed by atoms with Crippen LogP contribution in [0, 0.1) is 0 Å². The van der Waals surface area contributed by atoms with Crippen LogP contribution in [0.3, 0.4) is 0 Å². The molecule has 2 aliphatic heterocycles. The van der Waals surface area contributed by atoms with Crippen LogP contribution in [0.2, 0.25) is 0 Å². The first-order chi connectivity index (χ1) is 19.7. The van der Waals surface area contributed by atoms with Gasteiger partial charge in [0, 0.05) is 35.2 Å². The van der Waals surface area contributed by atoms with Gasteiger partial charge in [0.15, 0.2) is 11.2 Å². The van der Waals surface area contributed by atoms with E-state index in [0.717, 1.165) is 59.0 Å². The molecule has 4 heterocycles. The minimum absolute atomic E-state index is 0.628. The number of anilines is 3. The second kappa shape index (κ2) is 8.51. The van der Waals surface area contributed by atoms with Crippen LogP contribution in [-0.2, 0) is 0 Å². The van der Waals surface area contributed by atoms with Crippen molar-refractivity contribution in [3.8, 4) is 22.9 Å². The van der Waals surface area contributed by atoms with Gasteiger partial charge in [0.05, 0.1) is 17.1 Å². The fourth-order valence-corrected chi connectivity index (χ4v) is 8.52. The summed E-state index contributed by atoms with van der Waals surface area (Å²) in [6.45, 7) is 0. The van der Waals surface area contributed by atoms with Crippen molar-refractivity contribution >= 4 is 78.7 Å². The van der Waals surface area contributed by atoms with Crippen LogP contribution < -0.4 is 4.90 Å². The molecule has 0 amide bonds. The molecule has 190 valence electrons. The van der Waals surface area contributed by atoms with Crippen LogP contribution in [0.25, 0.3) is 45.1 Å². The SMILES string of the molecule is Brc1cc2c3c(c1)Sc1cc(-c4nc5ccccc5o4)ccc1N3c1ccc(-c3nc4ccccc4o3)cc1S2. The highest BCUT2D eigenvalue weighted by Gasteiger charge is 2.34. The van der Waals surface area contributed by atoms with Crippen LogP contribution in [0.5, 0.6) is 0 Å².